The van der Waals surface area contributed by atoms with Gasteiger partial charge in [-0.3, -0.25) is 14.0 Å². The molecular formula is C23H20BrN3O3S. The predicted octanol–water partition coefficient (Wildman–Crippen LogP) is 4.91. The highest BCUT2D eigenvalue weighted by atomic mass is 79.9. The van der Waals surface area contributed by atoms with Crippen molar-refractivity contribution < 1.29 is 9.53 Å². The molecule has 1 saturated carbocycles. The van der Waals surface area contributed by atoms with Crippen LogP contribution in [-0.2, 0) is 22.6 Å². The van der Waals surface area contributed by atoms with E-state index in [4.69, 9.17) is 9.72 Å². The summed E-state index contributed by atoms with van der Waals surface area (Å²) in [5.74, 6) is -0.220. The molecule has 3 aromatic heterocycles. The molecule has 5 rings (SSSR count). The zero-order valence-electron chi connectivity index (χ0n) is 16.7. The SMILES string of the molecule is O=C(OCc1cc(=O)n2cc(Br)ccc2n1)C1(Cc2nc3ccccc3s2)CCCC1. The lowest BCUT2D eigenvalue weighted by molar-refractivity contribution is -0.157. The number of carbonyl (C=O) groups is 1. The van der Waals surface area contributed by atoms with Gasteiger partial charge in [0.2, 0.25) is 0 Å². The summed E-state index contributed by atoms with van der Waals surface area (Å²) in [5.41, 5.74) is 1.18. The minimum Gasteiger partial charge on any atom is -0.459 e. The van der Waals surface area contributed by atoms with Gasteiger partial charge in [-0.2, -0.15) is 0 Å². The molecule has 3 heterocycles. The minimum atomic E-state index is -0.551. The van der Waals surface area contributed by atoms with Gasteiger partial charge in [0.1, 0.15) is 12.3 Å². The van der Waals surface area contributed by atoms with Crippen molar-refractivity contribution in [3.05, 3.63) is 74.2 Å². The van der Waals surface area contributed by atoms with E-state index in [1.807, 2.05) is 24.3 Å². The van der Waals surface area contributed by atoms with Gasteiger partial charge in [0.15, 0.2) is 0 Å². The van der Waals surface area contributed by atoms with Crippen molar-refractivity contribution in [3.63, 3.8) is 0 Å². The summed E-state index contributed by atoms with van der Waals surface area (Å²) in [4.78, 5) is 34.8. The molecule has 158 valence electrons. The summed E-state index contributed by atoms with van der Waals surface area (Å²) < 4.78 is 9.09. The van der Waals surface area contributed by atoms with Crippen LogP contribution in [0.4, 0.5) is 0 Å². The van der Waals surface area contributed by atoms with Crippen LogP contribution in [-0.4, -0.2) is 20.3 Å². The van der Waals surface area contributed by atoms with Gasteiger partial charge in [0, 0.05) is 23.2 Å². The molecule has 1 aromatic carbocycles. The highest BCUT2D eigenvalue weighted by molar-refractivity contribution is 9.10. The van der Waals surface area contributed by atoms with Gasteiger partial charge in [-0.15, -0.1) is 11.3 Å². The van der Waals surface area contributed by atoms with Gasteiger partial charge in [-0.25, -0.2) is 9.97 Å². The monoisotopic (exact) mass is 497 g/mol. The highest BCUT2D eigenvalue weighted by Crippen LogP contribution is 2.43. The van der Waals surface area contributed by atoms with Gasteiger partial charge < -0.3 is 4.74 Å². The Morgan fingerprint density at radius 2 is 1.97 bits per heavy atom. The molecule has 8 heteroatoms. The number of para-hydroxylation sites is 1. The van der Waals surface area contributed by atoms with E-state index in [1.54, 1.807) is 23.6 Å². The van der Waals surface area contributed by atoms with Crippen molar-refractivity contribution in [2.75, 3.05) is 0 Å². The third kappa shape index (κ3) is 4.02. The summed E-state index contributed by atoms with van der Waals surface area (Å²) in [6.45, 7) is -0.0117. The maximum atomic E-state index is 13.2. The molecule has 31 heavy (non-hydrogen) atoms. The number of hydrogen-bond acceptors (Lipinski definition) is 6. The van der Waals surface area contributed by atoms with Gasteiger partial charge in [0.05, 0.1) is 26.3 Å². The van der Waals surface area contributed by atoms with Crippen LogP contribution >= 0.6 is 27.3 Å². The molecule has 0 radical (unpaired) electrons. The Hall–Kier alpha value is -2.58. The van der Waals surface area contributed by atoms with E-state index in [9.17, 15) is 9.59 Å². The number of thiazole rings is 1. The average molecular weight is 498 g/mol. The number of carbonyl (C=O) groups excluding carboxylic acids is 1. The van der Waals surface area contributed by atoms with E-state index in [-0.39, 0.29) is 18.1 Å². The van der Waals surface area contributed by atoms with Crippen LogP contribution in [0.25, 0.3) is 15.9 Å². The second-order valence-electron chi connectivity index (χ2n) is 7.98. The Morgan fingerprint density at radius 3 is 2.77 bits per heavy atom. The summed E-state index contributed by atoms with van der Waals surface area (Å²) in [7, 11) is 0. The number of halogens is 1. The molecule has 0 aliphatic heterocycles. The van der Waals surface area contributed by atoms with Gasteiger partial charge in [-0.05, 0) is 53.0 Å². The van der Waals surface area contributed by atoms with E-state index in [0.717, 1.165) is 45.4 Å². The Morgan fingerprint density at radius 1 is 1.16 bits per heavy atom. The van der Waals surface area contributed by atoms with Crippen molar-refractivity contribution in [2.24, 2.45) is 5.41 Å². The number of benzene rings is 1. The fraction of sp³-hybridized carbons (Fsp3) is 0.304. The Kier molecular flexibility index (Phi) is 5.35. The maximum absolute atomic E-state index is 13.2. The number of rotatable bonds is 5. The molecule has 6 nitrogen and oxygen atoms in total. The number of ether oxygens (including phenoxy) is 1. The molecular weight excluding hydrogens is 478 g/mol. The standard InChI is InChI=1S/C23H20BrN3O3S/c24-15-7-8-19-25-16(11-21(28)27(19)13-15)14-30-22(29)23(9-3-4-10-23)12-20-26-17-5-1-2-6-18(17)31-20/h1-2,5-8,11,13H,3-4,9-10,12,14H2. The molecule has 0 atom stereocenters. The molecule has 0 saturated heterocycles. The predicted molar refractivity (Wildman–Crippen MR) is 123 cm³/mol. The van der Waals surface area contributed by atoms with Crippen molar-refractivity contribution >= 4 is 49.1 Å². The molecule has 0 amide bonds. The smallest absolute Gasteiger partial charge is 0.312 e. The number of pyridine rings is 1. The number of esters is 1. The van der Waals surface area contributed by atoms with E-state index in [2.05, 4.69) is 27.0 Å². The van der Waals surface area contributed by atoms with Crippen LogP contribution in [0.3, 0.4) is 0 Å². The van der Waals surface area contributed by atoms with Crippen molar-refractivity contribution in [3.8, 4) is 0 Å². The fourth-order valence-electron chi connectivity index (χ4n) is 4.28. The number of aromatic nitrogens is 3. The zero-order valence-corrected chi connectivity index (χ0v) is 19.1. The minimum absolute atomic E-state index is 0.0117. The quantitative estimate of drug-likeness (QED) is 0.366. The molecule has 1 aliphatic rings. The normalized spacial score (nSPS) is 15.5. The van der Waals surface area contributed by atoms with Gasteiger partial charge in [0.25, 0.3) is 5.56 Å². The lowest BCUT2D eigenvalue weighted by Crippen LogP contribution is -2.32. The van der Waals surface area contributed by atoms with E-state index < -0.39 is 5.41 Å². The second-order valence-corrected chi connectivity index (χ2v) is 10.0. The lowest BCUT2D eigenvalue weighted by atomic mass is 9.83. The van der Waals surface area contributed by atoms with Crippen molar-refractivity contribution in [2.45, 2.75) is 38.7 Å². The molecule has 0 N–H and O–H groups in total. The fourth-order valence-corrected chi connectivity index (χ4v) is 5.73. The molecule has 1 aliphatic carbocycles. The maximum Gasteiger partial charge on any atom is 0.312 e. The largest absolute Gasteiger partial charge is 0.459 e. The molecule has 4 aromatic rings. The molecule has 0 spiro atoms. The Balaban J connectivity index is 1.35. The first-order chi connectivity index (χ1) is 15.0. The number of nitrogens with zero attached hydrogens (tertiary/aromatic N) is 3. The van der Waals surface area contributed by atoms with Crippen LogP contribution in [0, 0.1) is 5.41 Å². The molecule has 1 fully saturated rings. The lowest BCUT2D eigenvalue weighted by Gasteiger charge is -2.25. The first-order valence-corrected chi connectivity index (χ1v) is 11.8. The zero-order chi connectivity index (χ0) is 21.4. The van der Waals surface area contributed by atoms with Gasteiger partial charge >= 0.3 is 5.97 Å². The molecule has 0 bridgehead atoms. The van der Waals surface area contributed by atoms with Crippen LogP contribution in [0.1, 0.15) is 36.4 Å². The highest BCUT2D eigenvalue weighted by Gasteiger charge is 2.43. The van der Waals surface area contributed by atoms with E-state index in [1.165, 1.54) is 10.5 Å². The third-order valence-corrected chi connectivity index (χ3v) is 7.35. The van der Waals surface area contributed by atoms with Crippen molar-refractivity contribution in [1.82, 2.24) is 14.4 Å². The summed E-state index contributed by atoms with van der Waals surface area (Å²) in [5, 5.41) is 0.965. The van der Waals surface area contributed by atoms with Crippen LogP contribution in [0.15, 0.2) is 57.9 Å². The Labute approximate surface area is 191 Å². The first kappa shape index (κ1) is 20.3. The number of fused-ring (bicyclic) bond motifs is 2. The third-order valence-electron chi connectivity index (χ3n) is 5.85. The van der Waals surface area contributed by atoms with Crippen LogP contribution in [0.2, 0.25) is 0 Å². The summed E-state index contributed by atoms with van der Waals surface area (Å²) in [6.07, 6.45) is 5.86. The second kappa shape index (κ2) is 8.16. The van der Waals surface area contributed by atoms with Gasteiger partial charge in [-0.1, -0.05) is 25.0 Å². The average Bonchev–Trinajstić information content (AvgIpc) is 3.40. The first-order valence-electron chi connectivity index (χ1n) is 10.2. The molecule has 0 unspecified atom stereocenters. The van der Waals surface area contributed by atoms with Crippen LogP contribution in [0.5, 0.6) is 0 Å². The topological polar surface area (TPSA) is 73.6 Å². The van der Waals surface area contributed by atoms with E-state index >= 15 is 0 Å². The van der Waals surface area contributed by atoms with Crippen molar-refractivity contribution in [1.29, 1.82) is 0 Å². The summed E-state index contributed by atoms with van der Waals surface area (Å²) >= 11 is 5.00. The Bertz CT molecular complexity index is 1310. The number of hydrogen-bond donors (Lipinski definition) is 0. The summed E-state index contributed by atoms with van der Waals surface area (Å²) in [6, 6.07) is 13.0. The van der Waals surface area contributed by atoms with E-state index in [0.29, 0.717) is 17.8 Å². The van der Waals surface area contributed by atoms with Crippen LogP contribution < -0.4 is 5.56 Å².